The van der Waals surface area contributed by atoms with Crippen LogP contribution in [0.4, 0.5) is 5.69 Å². The summed E-state index contributed by atoms with van der Waals surface area (Å²) in [5.74, 6) is 0.767. The Bertz CT molecular complexity index is 870. The quantitative estimate of drug-likeness (QED) is 0.269. The Morgan fingerprint density at radius 3 is 2.78 bits per heavy atom. The number of halogens is 1. The van der Waals surface area contributed by atoms with Crippen molar-refractivity contribution in [3.63, 3.8) is 0 Å². The Hall–Kier alpha value is -2.69. The van der Waals surface area contributed by atoms with Crippen LogP contribution >= 0.6 is 22.6 Å². The van der Waals surface area contributed by atoms with Gasteiger partial charge in [0.2, 0.25) is 5.91 Å². The number of hydrogen-bond acceptors (Lipinski definition) is 6. The van der Waals surface area contributed by atoms with Gasteiger partial charge < -0.3 is 9.47 Å². The highest BCUT2D eigenvalue weighted by atomic mass is 127. The molecule has 8 nitrogen and oxygen atoms in total. The monoisotopic (exact) mass is 483 g/mol. The summed E-state index contributed by atoms with van der Waals surface area (Å²) in [7, 11) is 1.57. The molecule has 0 bridgehead atoms. The van der Waals surface area contributed by atoms with Gasteiger partial charge in [-0.25, -0.2) is 5.43 Å². The highest BCUT2D eigenvalue weighted by Crippen LogP contribution is 2.33. The first-order valence-electron chi connectivity index (χ1n) is 8.00. The van der Waals surface area contributed by atoms with Crippen molar-refractivity contribution in [2.24, 2.45) is 5.10 Å². The number of rotatable bonds is 8. The number of nitrogens with one attached hydrogen (secondary N) is 1. The van der Waals surface area contributed by atoms with E-state index in [1.165, 1.54) is 12.3 Å². The van der Waals surface area contributed by atoms with E-state index < -0.39 is 10.8 Å². The third-order valence-corrected chi connectivity index (χ3v) is 4.28. The molecule has 2 aromatic carbocycles. The molecule has 0 aliphatic heterocycles. The summed E-state index contributed by atoms with van der Waals surface area (Å²) in [6.45, 7) is 2.36. The molecule has 0 aliphatic rings. The molecule has 9 heteroatoms. The largest absolute Gasteiger partial charge is 0.492 e. The van der Waals surface area contributed by atoms with Crippen molar-refractivity contribution in [2.45, 2.75) is 13.3 Å². The molecular weight excluding hydrogens is 465 g/mol. The van der Waals surface area contributed by atoms with Crippen LogP contribution in [0.3, 0.4) is 0 Å². The summed E-state index contributed by atoms with van der Waals surface area (Å²) in [5, 5.41) is 14.9. The number of ether oxygens (including phenoxy) is 2. The molecule has 1 amide bonds. The predicted octanol–water partition coefficient (Wildman–Crippen LogP) is 3.30. The van der Waals surface area contributed by atoms with Gasteiger partial charge in [0.05, 0.1) is 34.8 Å². The molecule has 27 heavy (non-hydrogen) atoms. The van der Waals surface area contributed by atoms with Gasteiger partial charge in [-0.15, -0.1) is 0 Å². The number of methoxy groups -OCH3 is 1. The van der Waals surface area contributed by atoms with Gasteiger partial charge >= 0.3 is 0 Å². The predicted molar refractivity (Wildman–Crippen MR) is 109 cm³/mol. The number of nitro groups is 1. The van der Waals surface area contributed by atoms with E-state index in [0.717, 1.165) is 9.13 Å². The molecule has 2 rings (SSSR count). The molecule has 0 unspecified atom stereocenters. The molecule has 0 aliphatic carbocycles. The van der Waals surface area contributed by atoms with Crippen LogP contribution in [-0.2, 0) is 11.2 Å². The number of amides is 1. The molecule has 0 atom stereocenters. The van der Waals surface area contributed by atoms with E-state index >= 15 is 0 Å². The van der Waals surface area contributed by atoms with Crippen molar-refractivity contribution in [3.8, 4) is 11.5 Å². The van der Waals surface area contributed by atoms with Gasteiger partial charge in [0.15, 0.2) is 11.5 Å². The normalized spacial score (nSPS) is 10.6. The number of hydrogen-bond donors (Lipinski definition) is 1. The van der Waals surface area contributed by atoms with Gasteiger partial charge in [-0.1, -0.05) is 18.2 Å². The van der Waals surface area contributed by atoms with Crippen LogP contribution in [-0.4, -0.2) is 30.8 Å². The Balaban J connectivity index is 2.07. The van der Waals surface area contributed by atoms with Crippen LogP contribution in [0.15, 0.2) is 41.5 Å². The van der Waals surface area contributed by atoms with E-state index in [0.29, 0.717) is 23.7 Å². The van der Waals surface area contributed by atoms with Crippen molar-refractivity contribution in [2.75, 3.05) is 13.7 Å². The van der Waals surface area contributed by atoms with E-state index in [1.807, 2.05) is 13.0 Å². The molecule has 142 valence electrons. The van der Waals surface area contributed by atoms with E-state index in [2.05, 4.69) is 33.1 Å². The van der Waals surface area contributed by atoms with Crippen molar-refractivity contribution < 1.29 is 19.2 Å². The fourth-order valence-electron chi connectivity index (χ4n) is 2.35. The van der Waals surface area contributed by atoms with Crippen molar-refractivity contribution in [1.82, 2.24) is 5.43 Å². The second-order valence-electron chi connectivity index (χ2n) is 5.32. The van der Waals surface area contributed by atoms with Crippen LogP contribution in [0.25, 0.3) is 0 Å². The molecular formula is C18H18IN3O5. The molecule has 0 heterocycles. The Kier molecular flexibility index (Phi) is 7.53. The summed E-state index contributed by atoms with van der Waals surface area (Å²) in [6, 6.07) is 9.69. The van der Waals surface area contributed by atoms with Crippen LogP contribution in [0.1, 0.15) is 18.1 Å². The highest BCUT2D eigenvalue weighted by Gasteiger charge is 2.15. The summed E-state index contributed by atoms with van der Waals surface area (Å²) in [5.41, 5.74) is 3.33. The second kappa shape index (κ2) is 9.86. The molecule has 0 saturated carbocycles. The lowest BCUT2D eigenvalue weighted by Crippen LogP contribution is -2.20. The van der Waals surface area contributed by atoms with Crippen LogP contribution in [0.2, 0.25) is 0 Å². The maximum absolute atomic E-state index is 12.0. The summed E-state index contributed by atoms with van der Waals surface area (Å²) in [6.07, 6.45) is 1.33. The molecule has 0 radical (unpaired) electrons. The Labute approximate surface area is 169 Å². The van der Waals surface area contributed by atoms with E-state index in [9.17, 15) is 14.9 Å². The summed E-state index contributed by atoms with van der Waals surface area (Å²) >= 11 is 2.12. The number of hydrazone groups is 1. The Morgan fingerprint density at radius 2 is 2.11 bits per heavy atom. The van der Waals surface area contributed by atoms with Crippen molar-refractivity contribution in [1.29, 1.82) is 0 Å². The summed E-state index contributed by atoms with van der Waals surface area (Å²) in [4.78, 5) is 22.5. The van der Waals surface area contributed by atoms with Gasteiger partial charge in [0, 0.05) is 11.6 Å². The van der Waals surface area contributed by atoms with Gasteiger partial charge in [0.1, 0.15) is 0 Å². The fourth-order valence-corrected chi connectivity index (χ4v) is 3.20. The number of nitrogens with zero attached hydrogens (tertiary/aromatic N) is 2. The SMILES string of the molecule is CCOc1cc(C=NNC(=O)Cc2ccccc2[N+](=O)[O-])cc(I)c1OC. The lowest BCUT2D eigenvalue weighted by atomic mass is 10.1. The van der Waals surface area contributed by atoms with E-state index in [-0.39, 0.29) is 12.1 Å². The first-order chi connectivity index (χ1) is 13.0. The minimum atomic E-state index is -0.513. The standard InChI is InChI=1S/C18H18IN3O5/c1-3-27-16-9-12(8-14(19)18(16)26-2)11-20-21-17(23)10-13-6-4-5-7-15(13)22(24)25/h4-9,11H,3,10H2,1-2H3,(H,21,23). The average molecular weight is 483 g/mol. The molecule has 1 N–H and O–H groups in total. The highest BCUT2D eigenvalue weighted by molar-refractivity contribution is 14.1. The zero-order valence-electron chi connectivity index (χ0n) is 14.8. The van der Waals surface area contributed by atoms with Gasteiger partial charge in [0.25, 0.3) is 5.69 Å². The Morgan fingerprint density at radius 1 is 1.37 bits per heavy atom. The zero-order valence-corrected chi connectivity index (χ0v) is 16.9. The molecule has 0 fully saturated rings. The van der Waals surface area contributed by atoms with E-state index in [1.54, 1.807) is 31.4 Å². The molecule has 0 spiro atoms. The number of nitro benzene ring substituents is 1. The van der Waals surface area contributed by atoms with Gasteiger partial charge in [-0.2, -0.15) is 5.10 Å². The zero-order chi connectivity index (χ0) is 19.8. The van der Waals surface area contributed by atoms with Crippen LogP contribution < -0.4 is 14.9 Å². The van der Waals surface area contributed by atoms with Gasteiger partial charge in [-0.3, -0.25) is 14.9 Å². The third kappa shape index (κ3) is 5.64. The van der Waals surface area contributed by atoms with Gasteiger partial charge in [-0.05, 0) is 47.2 Å². The van der Waals surface area contributed by atoms with Crippen LogP contribution in [0.5, 0.6) is 11.5 Å². The minimum absolute atomic E-state index is 0.0947. The average Bonchev–Trinajstić information content (AvgIpc) is 2.62. The lowest BCUT2D eigenvalue weighted by Gasteiger charge is -2.11. The fraction of sp³-hybridized carbons (Fsp3) is 0.222. The number of carbonyl (C=O) groups is 1. The number of para-hydroxylation sites is 1. The molecule has 0 saturated heterocycles. The van der Waals surface area contributed by atoms with E-state index in [4.69, 9.17) is 9.47 Å². The van der Waals surface area contributed by atoms with Crippen molar-refractivity contribution in [3.05, 3.63) is 61.2 Å². The molecule has 2 aromatic rings. The topological polar surface area (TPSA) is 103 Å². The van der Waals surface area contributed by atoms with Crippen LogP contribution in [0, 0.1) is 13.7 Å². The van der Waals surface area contributed by atoms with Crippen molar-refractivity contribution >= 4 is 40.4 Å². The maximum Gasteiger partial charge on any atom is 0.273 e. The third-order valence-electron chi connectivity index (χ3n) is 3.48. The summed E-state index contributed by atoms with van der Waals surface area (Å²) < 4.78 is 11.7. The first-order valence-corrected chi connectivity index (χ1v) is 9.08. The first kappa shape index (κ1) is 20.6. The number of benzene rings is 2. The maximum atomic E-state index is 12.0. The number of carbonyl (C=O) groups excluding carboxylic acids is 1. The molecule has 0 aromatic heterocycles. The smallest absolute Gasteiger partial charge is 0.273 e. The second-order valence-corrected chi connectivity index (χ2v) is 6.49. The lowest BCUT2D eigenvalue weighted by molar-refractivity contribution is -0.385. The minimum Gasteiger partial charge on any atom is -0.492 e.